The molecule has 2 heterocycles. The van der Waals surface area contributed by atoms with Crippen LogP contribution in [0.2, 0.25) is 0 Å². The highest BCUT2D eigenvalue weighted by molar-refractivity contribution is 8.02. The molecule has 3 aromatic rings. The average Bonchev–Trinajstić information content (AvgIpc) is 3.32. The fourth-order valence-corrected chi connectivity index (χ4v) is 5.86. The first-order valence-corrected chi connectivity index (χ1v) is 12.1. The van der Waals surface area contributed by atoms with Crippen molar-refractivity contribution >= 4 is 46.5 Å². The molecule has 6 nitrogen and oxygen atoms in total. The molecular weight excluding hydrogens is 472 g/mol. The van der Waals surface area contributed by atoms with Crippen LogP contribution in [0.4, 0.5) is 25.8 Å². The molecule has 1 N–H and O–H groups in total. The second-order valence-electron chi connectivity index (χ2n) is 8.27. The van der Waals surface area contributed by atoms with Gasteiger partial charge in [0.1, 0.15) is 6.54 Å². The number of thioether (sulfide) groups is 1. The molecule has 3 amide bonds. The first-order chi connectivity index (χ1) is 16.8. The van der Waals surface area contributed by atoms with E-state index >= 15 is 0 Å². The number of rotatable bonds is 5. The topological polar surface area (TPSA) is 69.7 Å². The van der Waals surface area contributed by atoms with Gasteiger partial charge in [-0.2, -0.15) is 0 Å². The number of anilines is 3. The number of nitrogens with zero attached hydrogens (tertiary/aromatic N) is 2. The summed E-state index contributed by atoms with van der Waals surface area (Å²) < 4.78 is 27.7. The summed E-state index contributed by atoms with van der Waals surface area (Å²) >= 11 is 1.10. The maximum Gasteiger partial charge on any atom is 0.269 e. The van der Waals surface area contributed by atoms with Gasteiger partial charge in [0.15, 0.2) is 11.6 Å². The molecule has 35 heavy (non-hydrogen) atoms. The lowest BCUT2D eigenvalue weighted by Gasteiger charge is -2.33. The lowest BCUT2D eigenvalue weighted by atomic mass is 10.0. The van der Waals surface area contributed by atoms with Crippen LogP contribution in [0.25, 0.3) is 0 Å². The molecule has 0 aromatic heterocycles. The summed E-state index contributed by atoms with van der Waals surface area (Å²) in [4.78, 5) is 40.8. The van der Waals surface area contributed by atoms with Crippen molar-refractivity contribution in [3.05, 3.63) is 89.5 Å². The van der Waals surface area contributed by atoms with Crippen molar-refractivity contribution in [2.24, 2.45) is 0 Å². The molecule has 0 unspecified atom stereocenters. The smallest absolute Gasteiger partial charge is 0.269 e. The summed E-state index contributed by atoms with van der Waals surface area (Å²) in [6.45, 7) is 1.77. The molecular formula is C26H21F2N3O3S. The van der Waals surface area contributed by atoms with Gasteiger partial charge >= 0.3 is 0 Å². The van der Waals surface area contributed by atoms with Gasteiger partial charge in [0, 0.05) is 23.0 Å². The number of aryl methyl sites for hydroxylation is 1. The summed E-state index contributed by atoms with van der Waals surface area (Å²) in [5, 5.41) is 2.80. The van der Waals surface area contributed by atoms with E-state index in [9.17, 15) is 23.2 Å². The Morgan fingerprint density at radius 2 is 1.77 bits per heavy atom. The molecule has 0 radical (unpaired) electrons. The van der Waals surface area contributed by atoms with E-state index in [1.54, 1.807) is 36.4 Å². The SMILES string of the molecule is CCc1ccc(NC(=O)CN2C(=O)[C@@]3(SCC(=O)N3c3ccc(F)c(F)c3)c3ccccc32)cc1. The van der Waals surface area contributed by atoms with Crippen LogP contribution in [0, 0.1) is 11.6 Å². The number of amides is 3. The predicted octanol–water partition coefficient (Wildman–Crippen LogP) is 4.45. The minimum absolute atomic E-state index is 0.0249. The van der Waals surface area contributed by atoms with Crippen molar-refractivity contribution in [3.63, 3.8) is 0 Å². The fraction of sp³-hybridized carbons (Fsp3) is 0.192. The standard InChI is InChI=1S/C26H21F2N3O3S/c1-2-16-7-9-17(10-8-16)29-23(32)14-30-22-6-4-3-5-19(22)26(25(30)34)31(24(33)15-35-26)18-11-12-20(27)21(28)13-18/h3-13H,2,14-15H2,1H3,(H,29,32)/t26-/m0/s1. The molecule has 1 spiro atoms. The van der Waals surface area contributed by atoms with Gasteiger partial charge in [0.05, 0.1) is 11.4 Å². The van der Waals surface area contributed by atoms with E-state index in [1.165, 1.54) is 15.9 Å². The van der Waals surface area contributed by atoms with Crippen molar-refractivity contribution in [1.82, 2.24) is 0 Å². The Hall–Kier alpha value is -3.72. The number of hydrogen-bond acceptors (Lipinski definition) is 4. The molecule has 0 aliphatic carbocycles. The highest BCUT2D eigenvalue weighted by Crippen LogP contribution is 2.55. The van der Waals surface area contributed by atoms with Gasteiger partial charge in [-0.1, -0.05) is 37.3 Å². The molecule has 2 aliphatic rings. The van der Waals surface area contributed by atoms with Crippen LogP contribution in [0.3, 0.4) is 0 Å². The predicted molar refractivity (Wildman–Crippen MR) is 131 cm³/mol. The van der Waals surface area contributed by atoms with E-state index in [0.29, 0.717) is 16.9 Å². The van der Waals surface area contributed by atoms with Crippen molar-refractivity contribution in [3.8, 4) is 0 Å². The van der Waals surface area contributed by atoms with Gasteiger partial charge in [-0.05, 0) is 42.3 Å². The van der Waals surface area contributed by atoms with Gasteiger partial charge in [-0.15, -0.1) is 11.8 Å². The van der Waals surface area contributed by atoms with Crippen LogP contribution < -0.4 is 15.1 Å². The van der Waals surface area contributed by atoms with Gasteiger partial charge in [-0.25, -0.2) is 8.78 Å². The number of fused-ring (bicyclic) bond motifs is 2. The largest absolute Gasteiger partial charge is 0.325 e. The first-order valence-electron chi connectivity index (χ1n) is 11.1. The Bertz CT molecular complexity index is 1350. The third-order valence-electron chi connectivity index (χ3n) is 6.17. The normalized spacial score (nSPS) is 18.9. The minimum atomic E-state index is -1.51. The van der Waals surface area contributed by atoms with Gasteiger partial charge < -0.3 is 5.32 Å². The summed E-state index contributed by atoms with van der Waals surface area (Å²) in [6.07, 6.45) is 0.875. The van der Waals surface area contributed by atoms with Gasteiger partial charge in [0.25, 0.3) is 5.91 Å². The maximum atomic E-state index is 14.1. The van der Waals surface area contributed by atoms with Crippen molar-refractivity contribution in [1.29, 1.82) is 0 Å². The lowest BCUT2D eigenvalue weighted by molar-refractivity contribution is -0.124. The quantitative estimate of drug-likeness (QED) is 0.571. The molecule has 2 aliphatic heterocycles. The van der Waals surface area contributed by atoms with Crippen LogP contribution in [0.1, 0.15) is 18.1 Å². The Balaban J connectivity index is 1.49. The molecule has 1 saturated heterocycles. The summed E-state index contributed by atoms with van der Waals surface area (Å²) in [7, 11) is 0. The Morgan fingerprint density at radius 1 is 1.03 bits per heavy atom. The molecule has 1 fully saturated rings. The fourth-order valence-electron chi connectivity index (χ4n) is 4.50. The van der Waals surface area contributed by atoms with Crippen molar-refractivity contribution in [2.75, 3.05) is 27.4 Å². The number of nitrogens with one attached hydrogen (secondary N) is 1. The van der Waals surface area contributed by atoms with Gasteiger partial charge in [0.2, 0.25) is 16.7 Å². The Kier molecular flexibility index (Phi) is 5.80. The molecule has 0 bridgehead atoms. The summed E-state index contributed by atoms with van der Waals surface area (Å²) in [6, 6.07) is 17.4. The highest BCUT2D eigenvalue weighted by atomic mass is 32.2. The highest BCUT2D eigenvalue weighted by Gasteiger charge is 2.61. The molecule has 178 valence electrons. The van der Waals surface area contributed by atoms with E-state index in [2.05, 4.69) is 5.32 Å². The molecule has 0 saturated carbocycles. The van der Waals surface area contributed by atoms with Crippen LogP contribution in [-0.2, 0) is 25.7 Å². The molecule has 9 heteroatoms. The molecule has 5 rings (SSSR count). The third kappa shape index (κ3) is 3.76. The van der Waals surface area contributed by atoms with Gasteiger partial charge in [-0.3, -0.25) is 24.2 Å². The van der Waals surface area contributed by atoms with Crippen LogP contribution in [0.15, 0.2) is 66.7 Å². The monoisotopic (exact) mass is 493 g/mol. The Labute approximate surface area is 204 Å². The van der Waals surface area contributed by atoms with E-state index in [1.807, 2.05) is 19.1 Å². The number of hydrogen-bond donors (Lipinski definition) is 1. The van der Waals surface area contributed by atoms with E-state index in [4.69, 9.17) is 0 Å². The maximum absolute atomic E-state index is 14.1. The van der Waals surface area contributed by atoms with Crippen molar-refractivity contribution in [2.45, 2.75) is 18.2 Å². The zero-order valence-electron chi connectivity index (χ0n) is 18.8. The number of carbonyl (C=O) groups excluding carboxylic acids is 3. The van der Waals surface area contributed by atoms with Crippen LogP contribution in [-0.4, -0.2) is 30.0 Å². The molecule has 3 aromatic carbocycles. The molecule has 1 atom stereocenters. The number of para-hydroxylation sites is 1. The minimum Gasteiger partial charge on any atom is -0.325 e. The zero-order valence-corrected chi connectivity index (χ0v) is 19.6. The Morgan fingerprint density at radius 3 is 2.49 bits per heavy atom. The second-order valence-corrected chi connectivity index (χ2v) is 9.44. The zero-order chi connectivity index (χ0) is 24.7. The number of halogens is 2. The first kappa shape index (κ1) is 23.0. The van der Waals surface area contributed by atoms with Crippen LogP contribution in [0.5, 0.6) is 0 Å². The third-order valence-corrected chi connectivity index (χ3v) is 7.56. The number of benzene rings is 3. The lowest BCUT2D eigenvalue weighted by Crippen LogP contribution is -2.51. The van der Waals surface area contributed by atoms with Crippen molar-refractivity contribution < 1.29 is 23.2 Å². The average molecular weight is 494 g/mol. The summed E-state index contributed by atoms with van der Waals surface area (Å²) in [5.41, 5.74) is 2.82. The second kappa shape index (κ2) is 8.81. The van der Waals surface area contributed by atoms with Crippen LogP contribution >= 0.6 is 11.8 Å². The number of carbonyl (C=O) groups is 3. The van der Waals surface area contributed by atoms with E-state index in [0.717, 1.165) is 35.9 Å². The summed E-state index contributed by atoms with van der Waals surface area (Å²) in [5.74, 6) is -3.49. The van der Waals surface area contributed by atoms with E-state index in [-0.39, 0.29) is 18.0 Å². The van der Waals surface area contributed by atoms with E-state index < -0.39 is 34.2 Å².